The number of thioether (sulfide) groups is 1. The van der Waals surface area contributed by atoms with Gasteiger partial charge >= 0.3 is 0 Å². The molecular formula is C10H16N4O2S. The van der Waals surface area contributed by atoms with E-state index in [9.17, 15) is 10.1 Å². The summed E-state index contributed by atoms with van der Waals surface area (Å²) in [6.45, 7) is 0.907. The molecule has 1 aromatic rings. The molecule has 0 aliphatic carbocycles. The van der Waals surface area contributed by atoms with E-state index >= 15 is 0 Å². The second kappa shape index (κ2) is 6.41. The predicted octanol–water partition coefficient (Wildman–Crippen LogP) is 1.69. The first-order valence-electron chi connectivity index (χ1n) is 5.14. The fraction of sp³-hybridized carbons (Fsp3) is 0.500. The minimum absolute atomic E-state index is 0.0664. The summed E-state index contributed by atoms with van der Waals surface area (Å²) >= 11 is 1.51. The van der Waals surface area contributed by atoms with E-state index in [2.05, 4.69) is 15.2 Å². The van der Waals surface area contributed by atoms with Gasteiger partial charge in [0.05, 0.1) is 11.0 Å². The molecule has 0 radical (unpaired) electrons. The molecule has 1 aromatic heterocycles. The molecule has 0 aliphatic rings. The molecule has 17 heavy (non-hydrogen) atoms. The zero-order valence-electron chi connectivity index (χ0n) is 10.1. The van der Waals surface area contributed by atoms with Crippen LogP contribution in [0.25, 0.3) is 0 Å². The van der Waals surface area contributed by atoms with Crippen LogP contribution in [0.3, 0.4) is 0 Å². The van der Waals surface area contributed by atoms with E-state index in [-0.39, 0.29) is 5.69 Å². The first-order chi connectivity index (χ1) is 8.02. The summed E-state index contributed by atoms with van der Waals surface area (Å²) < 4.78 is 0. The van der Waals surface area contributed by atoms with E-state index in [1.807, 2.05) is 14.1 Å². The Hall–Kier alpha value is -1.34. The molecule has 0 aliphatic heterocycles. The van der Waals surface area contributed by atoms with Gasteiger partial charge in [0.2, 0.25) is 0 Å². The van der Waals surface area contributed by atoms with E-state index < -0.39 is 4.92 Å². The quantitative estimate of drug-likeness (QED) is 0.474. The summed E-state index contributed by atoms with van der Waals surface area (Å²) in [7, 11) is 5.67. The molecular weight excluding hydrogens is 240 g/mol. The van der Waals surface area contributed by atoms with Crippen molar-refractivity contribution in [1.29, 1.82) is 0 Å². The smallest absolute Gasteiger partial charge is 0.275 e. The van der Waals surface area contributed by atoms with Gasteiger partial charge in [0.25, 0.3) is 5.69 Å². The second-order valence-electron chi connectivity index (χ2n) is 3.71. The molecule has 0 bridgehead atoms. The summed E-state index contributed by atoms with van der Waals surface area (Å²) in [6, 6.07) is 2.93. The predicted molar refractivity (Wildman–Crippen MR) is 69.7 cm³/mol. The maximum atomic E-state index is 10.7. The number of nitrogens with one attached hydrogen (secondary N) is 1. The molecule has 1 rings (SSSR count). The van der Waals surface area contributed by atoms with Crippen LogP contribution in [0, 0.1) is 10.1 Å². The maximum Gasteiger partial charge on any atom is 0.275 e. The third-order valence-corrected chi connectivity index (χ3v) is 2.93. The molecule has 0 aromatic carbocycles. The molecule has 94 valence electrons. The standard InChI is InChI=1S/C10H16N4O2S/c1-11-9-6-8(14(15)16)7-10(12-9)17-5-4-13(2)3/h6-7H,4-5H2,1-3H3,(H,11,12). The van der Waals surface area contributed by atoms with Crippen LogP contribution in [0.5, 0.6) is 0 Å². The van der Waals surface area contributed by atoms with Crippen LogP contribution in [-0.2, 0) is 0 Å². The number of nitrogens with zero attached hydrogens (tertiary/aromatic N) is 3. The Bertz CT molecular complexity index is 398. The van der Waals surface area contributed by atoms with Crippen LogP contribution < -0.4 is 5.32 Å². The monoisotopic (exact) mass is 256 g/mol. The van der Waals surface area contributed by atoms with Gasteiger partial charge in [-0.05, 0) is 14.1 Å². The number of aromatic nitrogens is 1. The van der Waals surface area contributed by atoms with Crippen molar-refractivity contribution in [2.24, 2.45) is 0 Å². The van der Waals surface area contributed by atoms with Crippen LogP contribution in [0.2, 0.25) is 0 Å². The number of hydrogen-bond acceptors (Lipinski definition) is 6. The molecule has 0 saturated carbocycles. The molecule has 7 heteroatoms. The van der Waals surface area contributed by atoms with Gasteiger partial charge in [-0.1, -0.05) is 0 Å². The summed E-state index contributed by atoms with van der Waals surface area (Å²) in [6.07, 6.45) is 0. The number of hydrogen-bond donors (Lipinski definition) is 1. The van der Waals surface area contributed by atoms with Crippen LogP contribution in [-0.4, -0.2) is 48.2 Å². The van der Waals surface area contributed by atoms with E-state index in [0.717, 1.165) is 12.3 Å². The Labute approximate surface area is 105 Å². The summed E-state index contributed by atoms with van der Waals surface area (Å²) in [5, 5.41) is 14.2. The molecule has 1 N–H and O–H groups in total. The van der Waals surface area contributed by atoms with Crippen LogP contribution in [0.1, 0.15) is 0 Å². The Morgan fingerprint density at radius 3 is 2.76 bits per heavy atom. The minimum atomic E-state index is -0.404. The van der Waals surface area contributed by atoms with Gasteiger partial charge in [-0.25, -0.2) is 4.98 Å². The Kier molecular flexibility index (Phi) is 5.17. The fourth-order valence-corrected chi connectivity index (χ4v) is 2.16. The average Bonchev–Trinajstić information content (AvgIpc) is 2.28. The normalized spacial score (nSPS) is 10.6. The average molecular weight is 256 g/mol. The lowest BCUT2D eigenvalue weighted by molar-refractivity contribution is -0.385. The minimum Gasteiger partial charge on any atom is -0.373 e. The van der Waals surface area contributed by atoms with Gasteiger partial charge < -0.3 is 10.2 Å². The van der Waals surface area contributed by atoms with Crippen molar-refractivity contribution in [3.05, 3.63) is 22.2 Å². The van der Waals surface area contributed by atoms with Gasteiger partial charge in [-0.2, -0.15) is 0 Å². The van der Waals surface area contributed by atoms with Gasteiger partial charge in [-0.15, -0.1) is 11.8 Å². The Morgan fingerprint density at radius 2 is 2.24 bits per heavy atom. The molecule has 0 spiro atoms. The number of anilines is 1. The summed E-state index contributed by atoms with van der Waals surface area (Å²) in [4.78, 5) is 16.7. The molecule has 0 unspecified atom stereocenters. The molecule has 6 nitrogen and oxygen atoms in total. The third-order valence-electron chi connectivity index (χ3n) is 2.04. The highest BCUT2D eigenvalue weighted by Crippen LogP contribution is 2.24. The number of nitro groups is 1. The molecule has 1 heterocycles. The Morgan fingerprint density at radius 1 is 1.53 bits per heavy atom. The molecule has 0 fully saturated rings. The highest BCUT2D eigenvalue weighted by Gasteiger charge is 2.10. The van der Waals surface area contributed by atoms with E-state index in [1.165, 1.54) is 23.9 Å². The highest BCUT2D eigenvalue weighted by atomic mass is 32.2. The largest absolute Gasteiger partial charge is 0.373 e. The van der Waals surface area contributed by atoms with Gasteiger partial charge in [0.1, 0.15) is 10.8 Å². The van der Waals surface area contributed by atoms with Crippen LogP contribution in [0.15, 0.2) is 17.2 Å². The SMILES string of the molecule is CNc1cc([N+](=O)[O-])cc(SCCN(C)C)n1. The third kappa shape index (κ3) is 4.58. The zero-order valence-corrected chi connectivity index (χ0v) is 11.0. The van der Waals surface area contributed by atoms with Crippen molar-refractivity contribution in [2.75, 3.05) is 38.8 Å². The van der Waals surface area contributed by atoms with Crippen molar-refractivity contribution >= 4 is 23.3 Å². The first kappa shape index (κ1) is 13.7. The Balaban J connectivity index is 2.76. The van der Waals surface area contributed by atoms with Gasteiger partial charge in [0, 0.05) is 25.4 Å². The van der Waals surface area contributed by atoms with Crippen LogP contribution in [0.4, 0.5) is 11.5 Å². The topological polar surface area (TPSA) is 71.3 Å². The summed E-state index contributed by atoms with van der Waals surface area (Å²) in [5.41, 5.74) is 0.0664. The fourth-order valence-electron chi connectivity index (χ4n) is 1.13. The molecule has 0 atom stereocenters. The lowest BCUT2D eigenvalue weighted by Crippen LogP contribution is -2.14. The van der Waals surface area contributed by atoms with Crippen molar-refractivity contribution in [2.45, 2.75) is 5.03 Å². The highest BCUT2D eigenvalue weighted by molar-refractivity contribution is 7.99. The zero-order chi connectivity index (χ0) is 12.8. The van der Waals surface area contributed by atoms with E-state index in [4.69, 9.17) is 0 Å². The lowest BCUT2D eigenvalue weighted by Gasteiger charge is -2.08. The van der Waals surface area contributed by atoms with E-state index in [1.54, 1.807) is 7.05 Å². The number of pyridine rings is 1. The number of rotatable bonds is 6. The first-order valence-corrected chi connectivity index (χ1v) is 6.13. The van der Waals surface area contributed by atoms with Gasteiger partial charge in [-0.3, -0.25) is 10.1 Å². The molecule has 0 amide bonds. The molecule has 0 saturated heterocycles. The maximum absolute atomic E-state index is 10.7. The van der Waals surface area contributed by atoms with Crippen LogP contribution >= 0.6 is 11.8 Å². The lowest BCUT2D eigenvalue weighted by atomic mass is 10.4. The second-order valence-corrected chi connectivity index (χ2v) is 4.82. The van der Waals surface area contributed by atoms with Crippen molar-refractivity contribution in [1.82, 2.24) is 9.88 Å². The summed E-state index contributed by atoms with van der Waals surface area (Å²) in [5.74, 6) is 1.37. The van der Waals surface area contributed by atoms with Crippen molar-refractivity contribution in [3.63, 3.8) is 0 Å². The van der Waals surface area contributed by atoms with Crippen molar-refractivity contribution in [3.8, 4) is 0 Å². The van der Waals surface area contributed by atoms with Gasteiger partial charge in [0.15, 0.2) is 0 Å². The van der Waals surface area contributed by atoms with E-state index in [0.29, 0.717) is 10.8 Å². The van der Waals surface area contributed by atoms with Crippen molar-refractivity contribution < 1.29 is 4.92 Å².